The van der Waals surface area contributed by atoms with Gasteiger partial charge < -0.3 is 24.4 Å². The van der Waals surface area contributed by atoms with Crippen LogP contribution in [0.2, 0.25) is 0 Å². The summed E-state index contributed by atoms with van der Waals surface area (Å²) in [5.74, 6) is -2.48. The minimum atomic E-state index is -1.11. The zero-order valence-electron chi connectivity index (χ0n) is 20.9. The van der Waals surface area contributed by atoms with E-state index in [9.17, 15) is 19.5 Å². The van der Waals surface area contributed by atoms with Crippen molar-refractivity contribution >= 4 is 33.7 Å². The van der Waals surface area contributed by atoms with E-state index in [4.69, 9.17) is 9.47 Å². The number of likely N-dealkylation sites (tertiary alicyclic amines) is 1. The van der Waals surface area contributed by atoms with E-state index < -0.39 is 35.6 Å². The molecule has 3 fully saturated rings. The third-order valence-electron chi connectivity index (χ3n) is 7.50. The van der Waals surface area contributed by atoms with Crippen LogP contribution in [0, 0.1) is 11.8 Å². The van der Waals surface area contributed by atoms with Gasteiger partial charge in [-0.15, -0.1) is 13.2 Å². The molecular weight excluding hydrogens is 516 g/mol. The van der Waals surface area contributed by atoms with E-state index in [1.54, 1.807) is 17.1 Å². The Morgan fingerprint density at radius 2 is 2.11 bits per heavy atom. The number of fused-ring (bicyclic) bond motifs is 1. The molecule has 3 heterocycles. The average Bonchev–Trinajstić information content (AvgIpc) is 3.41. The molecule has 0 aromatic rings. The summed E-state index contributed by atoms with van der Waals surface area (Å²) in [6.07, 6.45) is 6.82. The van der Waals surface area contributed by atoms with Crippen molar-refractivity contribution in [2.24, 2.45) is 11.8 Å². The first kappa shape index (κ1) is 27.9. The van der Waals surface area contributed by atoms with Crippen LogP contribution in [-0.4, -0.2) is 87.6 Å². The van der Waals surface area contributed by atoms with Gasteiger partial charge in [-0.25, -0.2) is 0 Å². The van der Waals surface area contributed by atoms with E-state index in [1.165, 1.54) is 4.90 Å². The van der Waals surface area contributed by atoms with Gasteiger partial charge in [0.15, 0.2) is 0 Å². The van der Waals surface area contributed by atoms with Crippen molar-refractivity contribution in [3.05, 3.63) is 25.3 Å². The first-order valence-corrected chi connectivity index (χ1v) is 13.6. The summed E-state index contributed by atoms with van der Waals surface area (Å²) < 4.78 is 12.0. The Hall–Kier alpha value is -1.71. The van der Waals surface area contributed by atoms with Gasteiger partial charge in [-0.2, -0.15) is 0 Å². The van der Waals surface area contributed by atoms with Gasteiger partial charge in [0.05, 0.1) is 24.5 Å². The van der Waals surface area contributed by atoms with Crippen LogP contribution in [0.3, 0.4) is 0 Å². The van der Waals surface area contributed by atoms with Crippen LogP contribution >= 0.6 is 15.9 Å². The highest BCUT2D eigenvalue weighted by atomic mass is 79.9. The van der Waals surface area contributed by atoms with Gasteiger partial charge in [0.1, 0.15) is 11.6 Å². The topological polar surface area (TPSA) is 96.4 Å². The molecule has 3 aliphatic heterocycles. The molecule has 0 saturated carbocycles. The number of alkyl halides is 1. The molecule has 3 saturated heterocycles. The molecule has 3 rings (SSSR count). The highest BCUT2D eigenvalue weighted by Gasteiger charge is 2.77. The standard InChI is InChI=1S/C26H39BrN2O6/c1-5-8-9-15-34-25(33)19-20-23(31)29(13-10-14-30)22(26(20)16-18(27)21(19)35-26)24(32)28(12-7-3)17(4)11-6-2/h5,7,17-22,30H,1,3,6,8-16H2,2,4H3/t17?,18?,19-,20+,21-,22?,26?/m1/s1. The van der Waals surface area contributed by atoms with Crippen molar-refractivity contribution in [2.45, 2.75) is 81.0 Å². The fourth-order valence-corrected chi connectivity index (χ4v) is 6.96. The second-order valence-electron chi connectivity index (χ2n) is 9.79. The summed E-state index contributed by atoms with van der Waals surface area (Å²) >= 11 is 3.66. The summed E-state index contributed by atoms with van der Waals surface area (Å²) in [7, 11) is 0. The highest BCUT2D eigenvalue weighted by molar-refractivity contribution is 9.09. The minimum absolute atomic E-state index is 0.0419. The Morgan fingerprint density at radius 1 is 1.37 bits per heavy atom. The van der Waals surface area contributed by atoms with E-state index in [2.05, 4.69) is 36.0 Å². The molecule has 1 spiro atoms. The number of carbonyl (C=O) groups excluding carboxylic acids is 3. The third-order valence-corrected chi connectivity index (χ3v) is 8.34. The SMILES string of the molecule is C=CCCCOC(=O)[C@H]1[C@@H]2OC3(CC2Br)C(C(=O)N(CC=C)C(C)CCC)N(CCCO)C(=O)[C@H]13. The number of halogens is 1. The molecule has 8 nitrogen and oxygen atoms in total. The van der Waals surface area contributed by atoms with Crippen LogP contribution in [0.25, 0.3) is 0 Å². The minimum Gasteiger partial charge on any atom is -0.465 e. The molecule has 0 radical (unpaired) electrons. The number of unbranched alkanes of at least 4 members (excludes halogenated alkanes) is 1. The zero-order valence-corrected chi connectivity index (χ0v) is 22.5. The van der Waals surface area contributed by atoms with Gasteiger partial charge in [0.2, 0.25) is 11.8 Å². The molecule has 3 aliphatic rings. The number of allylic oxidation sites excluding steroid dienone is 1. The van der Waals surface area contributed by atoms with Crippen molar-refractivity contribution in [3.63, 3.8) is 0 Å². The number of ether oxygens (including phenoxy) is 2. The maximum atomic E-state index is 14.1. The summed E-state index contributed by atoms with van der Waals surface area (Å²) in [6.45, 7) is 12.3. The van der Waals surface area contributed by atoms with Gasteiger partial charge in [-0.05, 0) is 39.0 Å². The number of amides is 2. The molecule has 1 N–H and O–H groups in total. The van der Waals surface area contributed by atoms with E-state index in [0.717, 1.165) is 19.3 Å². The predicted molar refractivity (Wildman–Crippen MR) is 136 cm³/mol. The highest BCUT2D eigenvalue weighted by Crippen LogP contribution is 2.60. The first-order chi connectivity index (χ1) is 16.8. The number of nitrogens with zero attached hydrogens (tertiary/aromatic N) is 2. The zero-order chi connectivity index (χ0) is 25.8. The number of hydrogen-bond donors (Lipinski definition) is 1. The predicted octanol–water partition coefficient (Wildman–Crippen LogP) is 2.83. The maximum Gasteiger partial charge on any atom is 0.312 e. The molecule has 0 aliphatic carbocycles. The lowest BCUT2D eigenvalue weighted by molar-refractivity contribution is -0.155. The van der Waals surface area contributed by atoms with Crippen LogP contribution in [-0.2, 0) is 23.9 Å². The Kier molecular flexibility index (Phi) is 9.57. The molecule has 2 bridgehead atoms. The van der Waals surface area contributed by atoms with E-state index in [0.29, 0.717) is 25.8 Å². The molecule has 196 valence electrons. The molecule has 9 heteroatoms. The molecule has 0 aromatic carbocycles. The van der Waals surface area contributed by atoms with Crippen LogP contribution < -0.4 is 0 Å². The number of rotatable bonds is 14. The number of aliphatic hydroxyl groups excluding tert-OH is 1. The Bertz CT molecular complexity index is 822. The van der Waals surface area contributed by atoms with Gasteiger partial charge in [-0.3, -0.25) is 14.4 Å². The van der Waals surface area contributed by atoms with Crippen molar-refractivity contribution in [1.29, 1.82) is 0 Å². The molecule has 7 atom stereocenters. The van der Waals surface area contributed by atoms with E-state index in [1.807, 2.05) is 6.92 Å². The van der Waals surface area contributed by atoms with Gasteiger partial charge >= 0.3 is 5.97 Å². The Labute approximate surface area is 216 Å². The lowest BCUT2D eigenvalue weighted by Gasteiger charge is -2.39. The van der Waals surface area contributed by atoms with Crippen LogP contribution in [0.15, 0.2) is 25.3 Å². The van der Waals surface area contributed by atoms with Gasteiger partial charge in [0, 0.05) is 30.6 Å². The normalized spacial score (nSPS) is 31.8. The lowest BCUT2D eigenvalue weighted by atomic mass is 9.70. The monoisotopic (exact) mass is 554 g/mol. The number of aliphatic hydroxyl groups is 1. The summed E-state index contributed by atoms with van der Waals surface area (Å²) in [5.41, 5.74) is -1.11. The van der Waals surface area contributed by atoms with Gasteiger partial charge in [-0.1, -0.05) is 41.4 Å². The van der Waals surface area contributed by atoms with Crippen LogP contribution in [0.4, 0.5) is 0 Å². The van der Waals surface area contributed by atoms with Crippen molar-refractivity contribution < 1.29 is 29.0 Å². The second-order valence-corrected chi connectivity index (χ2v) is 11.0. The van der Waals surface area contributed by atoms with Crippen molar-refractivity contribution in [3.8, 4) is 0 Å². The van der Waals surface area contributed by atoms with E-state index >= 15 is 0 Å². The molecule has 2 amide bonds. The molecule has 35 heavy (non-hydrogen) atoms. The smallest absolute Gasteiger partial charge is 0.312 e. The largest absolute Gasteiger partial charge is 0.465 e. The molecular formula is C26H39BrN2O6. The van der Waals surface area contributed by atoms with Crippen LogP contribution in [0.5, 0.6) is 0 Å². The maximum absolute atomic E-state index is 14.1. The van der Waals surface area contributed by atoms with Crippen molar-refractivity contribution in [2.75, 3.05) is 26.3 Å². The summed E-state index contributed by atoms with van der Waals surface area (Å²) in [6, 6.07) is -0.908. The number of hydrogen-bond acceptors (Lipinski definition) is 6. The summed E-state index contributed by atoms with van der Waals surface area (Å²) in [4.78, 5) is 44.2. The Balaban J connectivity index is 1.97. The first-order valence-electron chi connectivity index (χ1n) is 12.7. The van der Waals surface area contributed by atoms with Crippen molar-refractivity contribution in [1.82, 2.24) is 9.80 Å². The lowest BCUT2D eigenvalue weighted by Crippen LogP contribution is -2.58. The number of carbonyl (C=O) groups is 3. The molecule has 4 unspecified atom stereocenters. The number of esters is 1. The fraction of sp³-hybridized carbons (Fsp3) is 0.731. The molecule has 0 aromatic heterocycles. The third kappa shape index (κ3) is 5.09. The van der Waals surface area contributed by atoms with Gasteiger partial charge in [0.25, 0.3) is 0 Å². The summed E-state index contributed by atoms with van der Waals surface area (Å²) in [5, 5.41) is 9.48. The second kappa shape index (κ2) is 12.0. The fourth-order valence-electron chi connectivity index (χ4n) is 6.01. The Morgan fingerprint density at radius 3 is 2.74 bits per heavy atom. The quantitative estimate of drug-likeness (QED) is 0.153. The van der Waals surface area contributed by atoms with E-state index in [-0.39, 0.29) is 42.4 Å². The van der Waals surface area contributed by atoms with Crippen LogP contribution in [0.1, 0.15) is 52.4 Å². The average molecular weight is 556 g/mol.